The van der Waals surface area contributed by atoms with Crippen LogP contribution in [0.2, 0.25) is 0 Å². The fourth-order valence-electron chi connectivity index (χ4n) is 2.09. The molecule has 0 saturated heterocycles. The van der Waals surface area contributed by atoms with Gasteiger partial charge in [-0.05, 0) is 65.6 Å². The Morgan fingerprint density at radius 1 is 1.47 bits per heavy atom. The second kappa shape index (κ2) is 5.35. The molecule has 0 aliphatic heterocycles. The third-order valence-corrected chi connectivity index (χ3v) is 4.04. The SMILES string of the molecule is CN(C(=O)c1ccc(I)cc1)C(CN)C1CC1. The Labute approximate surface area is 116 Å². The predicted molar refractivity (Wildman–Crippen MR) is 76.8 cm³/mol. The smallest absolute Gasteiger partial charge is 0.253 e. The largest absolute Gasteiger partial charge is 0.337 e. The van der Waals surface area contributed by atoms with Crippen LogP contribution >= 0.6 is 22.6 Å². The Balaban J connectivity index is 2.10. The normalized spacial score (nSPS) is 16.6. The van der Waals surface area contributed by atoms with Gasteiger partial charge in [-0.2, -0.15) is 0 Å². The molecule has 1 unspecified atom stereocenters. The fourth-order valence-corrected chi connectivity index (χ4v) is 2.45. The molecule has 0 radical (unpaired) electrons. The van der Waals surface area contributed by atoms with E-state index in [1.807, 2.05) is 31.3 Å². The fraction of sp³-hybridized carbons (Fsp3) is 0.462. The molecule has 0 aromatic heterocycles. The van der Waals surface area contributed by atoms with Gasteiger partial charge >= 0.3 is 0 Å². The maximum atomic E-state index is 12.3. The van der Waals surface area contributed by atoms with Crippen LogP contribution in [-0.2, 0) is 0 Å². The molecule has 1 aromatic rings. The lowest BCUT2D eigenvalue weighted by atomic mass is 10.1. The van der Waals surface area contributed by atoms with Crippen LogP contribution in [-0.4, -0.2) is 30.4 Å². The standard InChI is InChI=1S/C13H17IN2O/c1-16(12(8-15)9-2-3-9)13(17)10-4-6-11(14)7-5-10/h4-7,9,12H,2-3,8,15H2,1H3. The molecule has 0 heterocycles. The second-order valence-electron chi connectivity index (χ2n) is 4.56. The van der Waals surface area contributed by atoms with Gasteiger partial charge < -0.3 is 10.6 Å². The van der Waals surface area contributed by atoms with Crippen molar-refractivity contribution in [1.82, 2.24) is 4.90 Å². The predicted octanol–water partition coefficient (Wildman–Crippen LogP) is 2.10. The maximum Gasteiger partial charge on any atom is 0.253 e. The lowest BCUT2D eigenvalue weighted by molar-refractivity contribution is 0.0718. The Bertz CT molecular complexity index is 400. The lowest BCUT2D eigenvalue weighted by Crippen LogP contribution is -2.43. The summed E-state index contributed by atoms with van der Waals surface area (Å²) in [7, 11) is 1.86. The number of hydrogen-bond donors (Lipinski definition) is 1. The zero-order chi connectivity index (χ0) is 12.4. The van der Waals surface area contributed by atoms with E-state index in [4.69, 9.17) is 5.73 Å². The van der Waals surface area contributed by atoms with E-state index in [1.54, 1.807) is 4.90 Å². The Morgan fingerprint density at radius 2 is 2.06 bits per heavy atom. The van der Waals surface area contributed by atoms with Crippen molar-refractivity contribution in [2.75, 3.05) is 13.6 Å². The molecule has 1 aliphatic rings. The van der Waals surface area contributed by atoms with Crippen molar-refractivity contribution in [2.24, 2.45) is 11.7 Å². The number of rotatable bonds is 4. The van der Waals surface area contributed by atoms with Gasteiger partial charge in [-0.15, -0.1) is 0 Å². The number of amides is 1. The van der Waals surface area contributed by atoms with Crippen molar-refractivity contribution >= 4 is 28.5 Å². The molecule has 1 atom stereocenters. The van der Waals surface area contributed by atoms with Gasteiger partial charge in [0.2, 0.25) is 0 Å². The number of halogens is 1. The van der Waals surface area contributed by atoms with E-state index in [2.05, 4.69) is 22.6 Å². The first-order valence-electron chi connectivity index (χ1n) is 5.86. The van der Waals surface area contributed by atoms with Crippen molar-refractivity contribution in [1.29, 1.82) is 0 Å². The molecule has 17 heavy (non-hydrogen) atoms. The van der Waals surface area contributed by atoms with Gasteiger partial charge in [0.05, 0.1) is 0 Å². The van der Waals surface area contributed by atoms with Crippen molar-refractivity contribution < 1.29 is 4.79 Å². The molecule has 2 N–H and O–H groups in total. The molecule has 2 rings (SSSR count). The number of nitrogens with zero attached hydrogens (tertiary/aromatic N) is 1. The van der Waals surface area contributed by atoms with Crippen LogP contribution in [0.1, 0.15) is 23.2 Å². The zero-order valence-corrected chi connectivity index (χ0v) is 12.1. The second-order valence-corrected chi connectivity index (χ2v) is 5.81. The van der Waals surface area contributed by atoms with Gasteiger partial charge in [0.15, 0.2) is 0 Å². The first kappa shape index (κ1) is 12.8. The number of benzene rings is 1. The Kier molecular flexibility index (Phi) is 4.04. The molecule has 0 bridgehead atoms. The minimum Gasteiger partial charge on any atom is -0.337 e. The highest BCUT2D eigenvalue weighted by Gasteiger charge is 2.34. The van der Waals surface area contributed by atoms with Gasteiger partial charge in [0.25, 0.3) is 5.91 Å². The minimum atomic E-state index is 0.0729. The summed E-state index contributed by atoms with van der Waals surface area (Å²) in [6, 6.07) is 7.86. The third-order valence-electron chi connectivity index (χ3n) is 3.32. The van der Waals surface area contributed by atoms with Gasteiger partial charge in [-0.3, -0.25) is 4.79 Å². The highest BCUT2D eigenvalue weighted by Crippen LogP contribution is 2.34. The molecule has 1 aliphatic carbocycles. The van der Waals surface area contributed by atoms with Crippen LogP contribution in [0.4, 0.5) is 0 Å². The summed E-state index contributed by atoms with van der Waals surface area (Å²) >= 11 is 2.23. The number of nitrogens with two attached hydrogens (primary N) is 1. The lowest BCUT2D eigenvalue weighted by Gasteiger charge is -2.27. The van der Waals surface area contributed by atoms with Crippen LogP contribution < -0.4 is 5.73 Å². The molecule has 1 amide bonds. The van der Waals surface area contributed by atoms with E-state index in [0.29, 0.717) is 12.5 Å². The van der Waals surface area contributed by atoms with Crippen molar-refractivity contribution in [2.45, 2.75) is 18.9 Å². The van der Waals surface area contributed by atoms with Gasteiger partial charge in [0.1, 0.15) is 0 Å². The van der Waals surface area contributed by atoms with Crippen LogP contribution in [0.5, 0.6) is 0 Å². The number of carbonyl (C=O) groups excluding carboxylic acids is 1. The van der Waals surface area contributed by atoms with E-state index in [-0.39, 0.29) is 11.9 Å². The average Bonchev–Trinajstić information content (AvgIpc) is 3.14. The first-order chi connectivity index (χ1) is 8.13. The number of likely N-dealkylation sites (N-methyl/N-ethyl adjacent to an activating group) is 1. The van der Waals surface area contributed by atoms with E-state index < -0.39 is 0 Å². The summed E-state index contributed by atoms with van der Waals surface area (Å²) in [5.41, 5.74) is 6.50. The molecule has 3 nitrogen and oxygen atoms in total. The Morgan fingerprint density at radius 3 is 2.53 bits per heavy atom. The van der Waals surface area contributed by atoms with E-state index in [9.17, 15) is 4.79 Å². The van der Waals surface area contributed by atoms with Crippen LogP contribution in [0.15, 0.2) is 24.3 Å². The molecule has 1 fully saturated rings. The quantitative estimate of drug-likeness (QED) is 0.851. The summed E-state index contributed by atoms with van der Waals surface area (Å²) in [4.78, 5) is 14.1. The molecule has 1 saturated carbocycles. The van der Waals surface area contributed by atoms with Crippen molar-refractivity contribution in [3.05, 3.63) is 33.4 Å². The first-order valence-corrected chi connectivity index (χ1v) is 6.94. The monoisotopic (exact) mass is 344 g/mol. The van der Waals surface area contributed by atoms with Crippen LogP contribution in [0.25, 0.3) is 0 Å². The molecule has 92 valence electrons. The zero-order valence-electron chi connectivity index (χ0n) is 9.90. The summed E-state index contributed by atoms with van der Waals surface area (Å²) < 4.78 is 1.14. The van der Waals surface area contributed by atoms with Gasteiger partial charge in [0, 0.05) is 28.8 Å². The Hall–Kier alpha value is -0.620. The van der Waals surface area contributed by atoms with Crippen LogP contribution in [0.3, 0.4) is 0 Å². The minimum absolute atomic E-state index is 0.0729. The molecule has 4 heteroatoms. The highest BCUT2D eigenvalue weighted by atomic mass is 127. The van der Waals surface area contributed by atoms with E-state index >= 15 is 0 Å². The maximum absolute atomic E-state index is 12.3. The summed E-state index contributed by atoms with van der Waals surface area (Å²) in [6.07, 6.45) is 2.40. The summed E-state index contributed by atoms with van der Waals surface area (Å²) in [6.45, 7) is 0.553. The van der Waals surface area contributed by atoms with E-state index in [0.717, 1.165) is 9.13 Å². The van der Waals surface area contributed by atoms with E-state index in [1.165, 1.54) is 12.8 Å². The topological polar surface area (TPSA) is 46.3 Å². The highest BCUT2D eigenvalue weighted by molar-refractivity contribution is 14.1. The molecular weight excluding hydrogens is 327 g/mol. The van der Waals surface area contributed by atoms with Gasteiger partial charge in [-0.1, -0.05) is 0 Å². The summed E-state index contributed by atoms with van der Waals surface area (Å²) in [5, 5.41) is 0. The molecular formula is C13H17IN2O. The summed E-state index contributed by atoms with van der Waals surface area (Å²) in [5.74, 6) is 0.682. The average molecular weight is 344 g/mol. The van der Waals surface area contributed by atoms with Gasteiger partial charge in [-0.25, -0.2) is 0 Å². The van der Waals surface area contributed by atoms with Crippen molar-refractivity contribution in [3.63, 3.8) is 0 Å². The van der Waals surface area contributed by atoms with Crippen molar-refractivity contribution in [3.8, 4) is 0 Å². The third kappa shape index (κ3) is 2.98. The van der Waals surface area contributed by atoms with Crippen LogP contribution in [0, 0.1) is 9.49 Å². The number of hydrogen-bond acceptors (Lipinski definition) is 2. The molecule has 1 aromatic carbocycles. The number of carbonyl (C=O) groups is 1. The molecule has 0 spiro atoms.